The Balaban J connectivity index is 1.52. The standard InChI is InChI=1S/C23H31N5O2/c1-3-24-23(26-14-13-25-22(29)19-9-5-4-6-10-19)28-17-15-27(16-18-28)20-11-7-8-12-21(20)30-2/h4-12H,3,13-18H2,1-2H3,(H,24,26)(H,25,29). The number of amides is 1. The number of carbonyl (C=O) groups excluding carboxylic acids is 1. The van der Waals surface area contributed by atoms with E-state index in [2.05, 4.69) is 33.4 Å². The molecule has 0 unspecified atom stereocenters. The fourth-order valence-electron chi connectivity index (χ4n) is 3.50. The van der Waals surface area contributed by atoms with Gasteiger partial charge in [-0.3, -0.25) is 9.79 Å². The van der Waals surface area contributed by atoms with Gasteiger partial charge in [0, 0.05) is 44.8 Å². The molecule has 7 nitrogen and oxygen atoms in total. The highest BCUT2D eigenvalue weighted by Crippen LogP contribution is 2.28. The van der Waals surface area contributed by atoms with Gasteiger partial charge in [-0.2, -0.15) is 0 Å². The summed E-state index contributed by atoms with van der Waals surface area (Å²) in [5.74, 6) is 1.73. The van der Waals surface area contributed by atoms with E-state index in [1.807, 2.05) is 48.5 Å². The van der Waals surface area contributed by atoms with Gasteiger partial charge in [0.2, 0.25) is 0 Å². The molecule has 1 amide bonds. The summed E-state index contributed by atoms with van der Waals surface area (Å²) in [5, 5.41) is 6.30. The maximum Gasteiger partial charge on any atom is 0.251 e. The van der Waals surface area contributed by atoms with Crippen LogP contribution >= 0.6 is 0 Å². The Morgan fingerprint density at radius 1 is 1.00 bits per heavy atom. The third kappa shape index (κ3) is 5.65. The normalized spacial score (nSPS) is 14.4. The lowest BCUT2D eigenvalue weighted by Gasteiger charge is -2.38. The molecule has 0 radical (unpaired) electrons. The lowest BCUT2D eigenvalue weighted by molar-refractivity contribution is 0.0955. The van der Waals surface area contributed by atoms with Crippen molar-refractivity contribution in [2.45, 2.75) is 6.92 Å². The fraction of sp³-hybridized carbons (Fsp3) is 0.391. The van der Waals surface area contributed by atoms with Crippen LogP contribution in [0.2, 0.25) is 0 Å². The molecule has 0 atom stereocenters. The van der Waals surface area contributed by atoms with Crippen LogP contribution in [0.3, 0.4) is 0 Å². The number of guanidine groups is 1. The largest absolute Gasteiger partial charge is 0.495 e. The molecule has 2 aromatic carbocycles. The number of rotatable bonds is 7. The van der Waals surface area contributed by atoms with E-state index in [1.54, 1.807) is 7.11 Å². The van der Waals surface area contributed by atoms with Crippen LogP contribution in [-0.4, -0.2) is 69.7 Å². The highest BCUT2D eigenvalue weighted by atomic mass is 16.5. The van der Waals surface area contributed by atoms with E-state index in [9.17, 15) is 4.79 Å². The molecule has 0 aliphatic carbocycles. The molecule has 30 heavy (non-hydrogen) atoms. The van der Waals surface area contributed by atoms with Gasteiger partial charge in [-0.15, -0.1) is 0 Å². The number of benzene rings is 2. The van der Waals surface area contributed by atoms with E-state index in [-0.39, 0.29) is 5.91 Å². The molecule has 1 aliphatic rings. The molecular weight excluding hydrogens is 378 g/mol. The van der Waals surface area contributed by atoms with E-state index in [0.29, 0.717) is 18.7 Å². The van der Waals surface area contributed by atoms with Gasteiger partial charge in [0.1, 0.15) is 5.75 Å². The highest BCUT2D eigenvalue weighted by molar-refractivity contribution is 5.94. The van der Waals surface area contributed by atoms with E-state index < -0.39 is 0 Å². The molecule has 160 valence electrons. The summed E-state index contributed by atoms with van der Waals surface area (Å²) in [6, 6.07) is 17.4. The first-order valence-electron chi connectivity index (χ1n) is 10.5. The first kappa shape index (κ1) is 21.5. The number of hydrogen-bond acceptors (Lipinski definition) is 4. The van der Waals surface area contributed by atoms with Gasteiger partial charge in [-0.1, -0.05) is 30.3 Å². The molecule has 1 saturated heterocycles. The summed E-state index contributed by atoms with van der Waals surface area (Å²) < 4.78 is 5.50. The molecule has 2 aromatic rings. The maximum atomic E-state index is 12.1. The molecule has 2 N–H and O–H groups in total. The number of nitrogens with zero attached hydrogens (tertiary/aromatic N) is 3. The van der Waals surface area contributed by atoms with Crippen LogP contribution in [0.15, 0.2) is 59.6 Å². The summed E-state index contributed by atoms with van der Waals surface area (Å²) in [4.78, 5) is 21.5. The molecule has 3 rings (SSSR count). The van der Waals surface area contributed by atoms with E-state index in [1.165, 1.54) is 0 Å². The Kier molecular flexibility index (Phi) is 7.94. The third-order valence-electron chi connectivity index (χ3n) is 5.03. The van der Waals surface area contributed by atoms with E-state index in [4.69, 9.17) is 9.73 Å². The number of nitrogens with one attached hydrogen (secondary N) is 2. The molecule has 0 aromatic heterocycles. The summed E-state index contributed by atoms with van der Waals surface area (Å²) in [6.07, 6.45) is 0. The van der Waals surface area contributed by atoms with Crippen LogP contribution in [0.25, 0.3) is 0 Å². The van der Waals surface area contributed by atoms with Crippen molar-refractivity contribution in [3.63, 3.8) is 0 Å². The number of ether oxygens (including phenoxy) is 1. The van der Waals surface area contributed by atoms with Crippen molar-refractivity contribution in [3.8, 4) is 5.75 Å². The Morgan fingerprint density at radius 2 is 1.70 bits per heavy atom. The minimum atomic E-state index is -0.0683. The summed E-state index contributed by atoms with van der Waals surface area (Å²) >= 11 is 0. The van der Waals surface area contributed by atoms with Crippen molar-refractivity contribution in [2.75, 3.05) is 57.8 Å². The Hall–Kier alpha value is -3.22. The zero-order valence-corrected chi connectivity index (χ0v) is 17.8. The van der Waals surface area contributed by atoms with E-state index in [0.717, 1.165) is 50.1 Å². The Labute approximate surface area is 178 Å². The monoisotopic (exact) mass is 409 g/mol. The molecule has 0 bridgehead atoms. The molecule has 1 aliphatic heterocycles. The van der Waals surface area contributed by atoms with Gasteiger partial charge in [-0.25, -0.2) is 0 Å². The zero-order chi connectivity index (χ0) is 21.2. The molecule has 7 heteroatoms. The number of aliphatic imine (C=N–C) groups is 1. The fourth-order valence-corrected chi connectivity index (χ4v) is 3.50. The van der Waals surface area contributed by atoms with Crippen molar-refractivity contribution in [1.82, 2.24) is 15.5 Å². The van der Waals surface area contributed by atoms with Crippen molar-refractivity contribution in [1.29, 1.82) is 0 Å². The Morgan fingerprint density at radius 3 is 2.40 bits per heavy atom. The van der Waals surface area contributed by atoms with Crippen molar-refractivity contribution < 1.29 is 9.53 Å². The van der Waals surface area contributed by atoms with Crippen LogP contribution in [0, 0.1) is 0 Å². The maximum absolute atomic E-state index is 12.1. The predicted octanol–water partition coefficient (Wildman–Crippen LogP) is 2.21. The van der Waals surface area contributed by atoms with Gasteiger partial charge in [0.05, 0.1) is 19.3 Å². The number of para-hydroxylation sites is 2. The van der Waals surface area contributed by atoms with Gasteiger partial charge in [-0.05, 0) is 31.2 Å². The first-order valence-corrected chi connectivity index (χ1v) is 10.5. The topological polar surface area (TPSA) is 69.2 Å². The molecule has 1 fully saturated rings. The second kappa shape index (κ2) is 11.1. The van der Waals surface area contributed by atoms with Crippen LogP contribution in [0.4, 0.5) is 5.69 Å². The average Bonchev–Trinajstić information content (AvgIpc) is 2.81. The number of piperazine rings is 1. The third-order valence-corrected chi connectivity index (χ3v) is 5.03. The molecule has 1 heterocycles. The van der Waals surface area contributed by atoms with Crippen LogP contribution in [-0.2, 0) is 0 Å². The second-order valence-electron chi connectivity index (χ2n) is 7.00. The average molecular weight is 410 g/mol. The minimum Gasteiger partial charge on any atom is -0.495 e. The number of carbonyl (C=O) groups is 1. The zero-order valence-electron chi connectivity index (χ0n) is 17.8. The van der Waals surface area contributed by atoms with Crippen molar-refractivity contribution in [3.05, 3.63) is 60.2 Å². The predicted molar refractivity (Wildman–Crippen MR) is 122 cm³/mol. The SMILES string of the molecule is CCNC(=NCCNC(=O)c1ccccc1)N1CCN(c2ccccc2OC)CC1. The van der Waals surface area contributed by atoms with Crippen LogP contribution < -0.4 is 20.3 Å². The summed E-state index contributed by atoms with van der Waals surface area (Å²) in [5.41, 5.74) is 1.80. The lowest BCUT2D eigenvalue weighted by Crippen LogP contribution is -2.52. The van der Waals surface area contributed by atoms with Gasteiger partial charge < -0.3 is 25.2 Å². The minimum absolute atomic E-state index is 0.0683. The van der Waals surface area contributed by atoms with Crippen molar-refractivity contribution in [2.24, 2.45) is 4.99 Å². The van der Waals surface area contributed by atoms with Gasteiger partial charge >= 0.3 is 0 Å². The van der Waals surface area contributed by atoms with Crippen molar-refractivity contribution >= 4 is 17.6 Å². The number of hydrogen-bond donors (Lipinski definition) is 2. The Bertz CT molecular complexity index is 832. The summed E-state index contributed by atoms with van der Waals surface area (Å²) in [7, 11) is 1.71. The van der Waals surface area contributed by atoms with Gasteiger partial charge in [0.25, 0.3) is 5.91 Å². The first-order chi connectivity index (χ1) is 14.7. The quantitative estimate of drug-likeness (QED) is 0.417. The van der Waals surface area contributed by atoms with Crippen LogP contribution in [0.5, 0.6) is 5.75 Å². The van der Waals surface area contributed by atoms with Gasteiger partial charge in [0.15, 0.2) is 5.96 Å². The molecule has 0 spiro atoms. The second-order valence-corrected chi connectivity index (χ2v) is 7.00. The number of anilines is 1. The van der Waals surface area contributed by atoms with E-state index >= 15 is 0 Å². The summed E-state index contributed by atoms with van der Waals surface area (Å²) in [6.45, 7) is 7.46. The molecule has 0 saturated carbocycles. The van der Waals surface area contributed by atoms with Crippen LogP contribution in [0.1, 0.15) is 17.3 Å². The molecular formula is C23H31N5O2. The highest BCUT2D eigenvalue weighted by Gasteiger charge is 2.21. The smallest absolute Gasteiger partial charge is 0.251 e. The lowest BCUT2D eigenvalue weighted by atomic mass is 10.2. The number of methoxy groups -OCH3 is 1.